The van der Waals surface area contributed by atoms with E-state index in [0.717, 1.165) is 22.4 Å². The van der Waals surface area contributed by atoms with Gasteiger partial charge in [-0.15, -0.1) is 0 Å². The summed E-state index contributed by atoms with van der Waals surface area (Å²) in [5.41, 5.74) is 2.62. The smallest absolute Gasteiger partial charge is 0.143 e. The lowest BCUT2D eigenvalue weighted by Gasteiger charge is -2.06. The zero-order chi connectivity index (χ0) is 11.0. The lowest BCUT2D eigenvalue weighted by atomic mass is 10.1. The molecule has 0 aliphatic rings. The number of hydrogen-bond donors (Lipinski definition) is 1. The van der Waals surface area contributed by atoms with E-state index in [1.807, 2.05) is 25.1 Å². The van der Waals surface area contributed by atoms with Crippen LogP contribution in [-0.2, 0) is 0 Å². The van der Waals surface area contributed by atoms with Crippen molar-refractivity contribution in [1.29, 1.82) is 0 Å². The van der Waals surface area contributed by atoms with E-state index >= 15 is 0 Å². The van der Waals surface area contributed by atoms with Crippen LogP contribution in [0.25, 0.3) is 11.0 Å². The molecule has 0 spiro atoms. The number of benzene rings is 1. The van der Waals surface area contributed by atoms with E-state index in [4.69, 9.17) is 4.84 Å². The zero-order valence-electron chi connectivity index (χ0n) is 9.06. The first kappa shape index (κ1) is 9.98. The third kappa shape index (κ3) is 1.57. The summed E-state index contributed by atoms with van der Waals surface area (Å²) in [6, 6.07) is 5.66. The Morgan fingerprint density at radius 1 is 1.47 bits per heavy atom. The average Bonchev–Trinajstić information content (AvgIpc) is 2.51. The summed E-state index contributed by atoms with van der Waals surface area (Å²) in [7, 11) is 1.60. The first-order chi connectivity index (χ1) is 7.13. The third-order valence-corrected chi connectivity index (χ3v) is 2.46. The predicted octanol–water partition coefficient (Wildman–Crippen LogP) is 1.46. The summed E-state index contributed by atoms with van der Waals surface area (Å²) >= 11 is 0. The van der Waals surface area contributed by atoms with Crippen LogP contribution < -0.4 is 4.84 Å². The van der Waals surface area contributed by atoms with Gasteiger partial charge in [0.2, 0.25) is 0 Å². The maximum absolute atomic E-state index is 9.48. The fraction of sp³-hybridized carbons (Fsp3) is 0.364. The van der Waals surface area contributed by atoms with Gasteiger partial charge < -0.3 is 9.94 Å². The van der Waals surface area contributed by atoms with Crippen LogP contribution in [0.15, 0.2) is 18.2 Å². The van der Waals surface area contributed by atoms with Crippen molar-refractivity contribution in [3.63, 3.8) is 0 Å². The quantitative estimate of drug-likeness (QED) is 0.809. The molecule has 0 saturated carbocycles. The molecule has 4 heteroatoms. The standard InChI is InChI=1S/C11H14N2O2/c1-7(14)9-4-5-10-11(6-9)13(15-3)8(2)12-10/h4-7,14H,1-3H3. The normalized spacial score (nSPS) is 13.1. The zero-order valence-corrected chi connectivity index (χ0v) is 9.06. The van der Waals surface area contributed by atoms with Gasteiger partial charge in [0.05, 0.1) is 11.6 Å². The molecular weight excluding hydrogens is 192 g/mol. The number of hydrogen-bond acceptors (Lipinski definition) is 3. The summed E-state index contributed by atoms with van der Waals surface area (Å²) in [6.07, 6.45) is -0.477. The summed E-state index contributed by atoms with van der Waals surface area (Å²) in [5.74, 6) is 0.801. The van der Waals surface area contributed by atoms with Crippen LogP contribution in [-0.4, -0.2) is 21.9 Å². The molecule has 4 nitrogen and oxygen atoms in total. The Balaban J connectivity index is 2.68. The Kier molecular flexibility index (Phi) is 2.36. The molecule has 1 heterocycles. The van der Waals surface area contributed by atoms with Crippen molar-refractivity contribution in [3.05, 3.63) is 29.6 Å². The molecular formula is C11H14N2O2. The van der Waals surface area contributed by atoms with E-state index in [9.17, 15) is 5.11 Å². The molecule has 0 aliphatic heterocycles. The van der Waals surface area contributed by atoms with E-state index in [0.29, 0.717) is 0 Å². The van der Waals surface area contributed by atoms with Crippen LogP contribution in [0.2, 0.25) is 0 Å². The highest BCUT2D eigenvalue weighted by Crippen LogP contribution is 2.20. The minimum atomic E-state index is -0.477. The molecule has 2 rings (SSSR count). The van der Waals surface area contributed by atoms with Gasteiger partial charge >= 0.3 is 0 Å². The molecule has 1 aromatic heterocycles. The predicted molar refractivity (Wildman–Crippen MR) is 57.6 cm³/mol. The van der Waals surface area contributed by atoms with Gasteiger partial charge in [-0.3, -0.25) is 0 Å². The molecule has 1 N–H and O–H groups in total. The van der Waals surface area contributed by atoms with Crippen LogP contribution in [0.3, 0.4) is 0 Å². The van der Waals surface area contributed by atoms with Crippen LogP contribution in [0.4, 0.5) is 0 Å². The number of aliphatic hydroxyl groups excluding tert-OH is 1. The maximum atomic E-state index is 9.48. The maximum Gasteiger partial charge on any atom is 0.143 e. The molecule has 1 aromatic carbocycles. The van der Waals surface area contributed by atoms with E-state index in [-0.39, 0.29) is 0 Å². The molecule has 15 heavy (non-hydrogen) atoms. The summed E-state index contributed by atoms with van der Waals surface area (Å²) in [5, 5.41) is 9.48. The van der Waals surface area contributed by atoms with Gasteiger partial charge in [0.1, 0.15) is 18.5 Å². The van der Waals surface area contributed by atoms with Gasteiger partial charge in [-0.1, -0.05) is 6.07 Å². The average molecular weight is 206 g/mol. The van der Waals surface area contributed by atoms with Crippen molar-refractivity contribution in [2.75, 3.05) is 7.11 Å². The Morgan fingerprint density at radius 3 is 2.80 bits per heavy atom. The van der Waals surface area contributed by atoms with Crippen molar-refractivity contribution in [2.24, 2.45) is 0 Å². The first-order valence-corrected chi connectivity index (χ1v) is 4.85. The van der Waals surface area contributed by atoms with Gasteiger partial charge in [-0.05, 0) is 31.5 Å². The molecule has 0 aliphatic carbocycles. The summed E-state index contributed by atoms with van der Waals surface area (Å²) < 4.78 is 1.65. The monoisotopic (exact) mass is 206 g/mol. The number of aromatic nitrogens is 2. The topological polar surface area (TPSA) is 47.3 Å². The highest BCUT2D eigenvalue weighted by atomic mass is 16.6. The Morgan fingerprint density at radius 2 is 2.20 bits per heavy atom. The van der Waals surface area contributed by atoms with Crippen LogP contribution in [0.1, 0.15) is 24.4 Å². The summed E-state index contributed by atoms with van der Waals surface area (Å²) in [4.78, 5) is 9.55. The van der Waals surface area contributed by atoms with Gasteiger partial charge in [0.15, 0.2) is 0 Å². The Hall–Kier alpha value is -1.55. The van der Waals surface area contributed by atoms with Gasteiger partial charge in [0.25, 0.3) is 0 Å². The van der Waals surface area contributed by atoms with Gasteiger partial charge in [-0.25, -0.2) is 4.98 Å². The Labute approximate surface area is 88.1 Å². The fourth-order valence-corrected chi connectivity index (χ4v) is 1.68. The molecule has 0 saturated heterocycles. The van der Waals surface area contributed by atoms with Crippen molar-refractivity contribution in [1.82, 2.24) is 9.71 Å². The van der Waals surface area contributed by atoms with E-state index in [1.54, 1.807) is 18.8 Å². The SMILES string of the molecule is COn1c(C)nc2ccc(C(C)O)cc21. The largest absolute Gasteiger partial charge is 0.415 e. The molecule has 2 aromatic rings. The molecule has 1 atom stereocenters. The van der Waals surface area contributed by atoms with Crippen molar-refractivity contribution in [2.45, 2.75) is 20.0 Å². The van der Waals surface area contributed by atoms with Crippen LogP contribution in [0, 0.1) is 6.92 Å². The number of rotatable bonds is 2. The second-order valence-corrected chi connectivity index (χ2v) is 3.56. The second kappa shape index (κ2) is 3.55. The van der Waals surface area contributed by atoms with E-state index in [2.05, 4.69) is 4.98 Å². The molecule has 1 unspecified atom stereocenters. The minimum Gasteiger partial charge on any atom is -0.415 e. The second-order valence-electron chi connectivity index (χ2n) is 3.56. The Bertz CT molecular complexity index is 489. The summed E-state index contributed by atoms with van der Waals surface area (Å²) in [6.45, 7) is 3.62. The van der Waals surface area contributed by atoms with E-state index < -0.39 is 6.10 Å². The first-order valence-electron chi connectivity index (χ1n) is 4.85. The highest BCUT2D eigenvalue weighted by Gasteiger charge is 2.09. The number of nitrogens with zero attached hydrogens (tertiary/aromatic N) is 2. The highest BCUT2D eigenvalue weighted by molar-refractivity contribution is 5.76. The number of aryl methyl sites for hydroxylation is 1. The van der Waals surface area contributed by atoms with Crippen LogP contribution >= 0.6 is 0 Å². The molecule has 0 bridgehead atoms. The fourth-order valence-electron chi connectivity index (χ4n) is 1.68. The van der Waals surface area contributed by atoms with Crippen molar-refractivity contribution >= 4 is 11.0 Å². The lowest BCUT2D eigenvalue weighted by molar-refractivity contribution is 0.171. The van der Waals surface area contributed by atoms with E-state index in [1.165, 1.54) is 0 Å². The number of imidazole rings is 1. The molecule has 0 amide bonds. The van der Waals surface area contributed by atoms with Crippen LogP contribution in [0.5, 0.6) is 0 Å². The minimum absolute atomic E-state index is 0.477. The van der Waals surface area contributed by atoms with Gasteiger partial charge in [-0.2, -0.15) is 4.73 Å². The molecule has 80 valence electrons. The number of fused-ring (bicyclic) bond motifs is 1. The van der Waals surface area contributed by atoms with Gasteiger partial charge in [0, 0.05) is 0 Å². The number of aliphatic hydroxyl groups is 1. The van der Waals surface area contributed by atoms with Crippen molar-refractivity contribution < 1.29 is 9.94 Å². The molecule has 0 radical (unpaired) electrons. The third-order valence-electron chi connectivity index (χ3n) is 2.46. The lowest BCUT2D eigenvalue weighted by Crippen LogP contribution is -2.07. The van der Waals surface area contributed by atoms with Crippen molar-refractivity contribution in [3.8, 4) is 0 Å². The molecule has 0 fully saturated rings.